The zero-order valence-electron chi connectivity index (χ0n) is 6.04. The lowest BCUT2D eigenvalue weighted by Gasteiger charge is -1.96. The molecule has 0 fully saturated rings. The topological polar surface area (TPSA) is 43.1 Å². The van der Waals surface area contributed by atoms with E-state index in [-0.39, 0.29) is 0 Å². The van der Waals surface area contributed by atoms with E-state index in [1.54, 1.807) is 0 Å². The van der Waals surface area contributed by atoms with Crippen LogP contribution < -0.4 is 5.73 Å². The summed E-state index contributed by atoms with van der Waals surface area (Å²) in [5, 5.41) is 0. The molecule has 0 saturated carbocycles. The Kier molecular flexibility index (Phi) is 1.46. The average Bonchev–Trinajstić information content (AvgIpc) is 2.27. The minimum absolute atomic E-state index is 0.681. The third-order valence-corrected chi connectivity index (χ3v) is 3.13. The van der Waals surface area contributed by atoms with Gasteiger partial charge in [0.1, 0.15) is 0 Å². The highest BCUT2D eigenvalue weighted by atomic mass is 32.2. The zero-order chi connectivity index (χ0) is 7.84. The SMILES string of the molecule is Nc1ccc2c(c1)CS(=O)C2. The quantitative estimate of drug-likeness (QED) is 0.586. The van der Waals surface area contributed by atoms with Crippen LogP contribution in [0.25, 0.3) is 0 Å². The van der Waals surface area contributed by atoms with Crippen LogP contribution in [-0.2, 0) is 22.3 Å². The summed E-state index contributed by atoms with van der Waals surface area (Å²) in [4.78, 5) is 0. The van der Waals surface area contributed by atoms with E-state index in [2.05, 4.69) is 0 Å². The van der Waals surface area contributed by atoms with Gasteiger partial charge in [-0.25, -0.2) is 0 Å². The number of fused-ring (bicyclic) bond motifs is 1. The van der Waals surface area contributed by atoms with Gasteiger partial charge in [0.25, 0.3) is 0 Å². The van der Waals surface area contributed by atoms with Crippen LogP contribution in [0.1, 0.15) is 11.1 Å². The molecule has 2 N–H and O–H groups in total. The van der Waals surface area contributed by atoms with Crippen LogP contribution in [0.2, 0.25) is 0 Å². The molecule has 1 aromatic rings. The van der Waals surface area contributed by atoms with Crippen LogP contribution in [0.5, 0.6) is 0 Å². The third-order valence-electron chi connectivity index (χ3n) is 1.86. The van der Waals surface area contributed by atoms with Crippen LogP contribution in [0.4, 0.5) is 5.69 Å². The zero-order valence-corrected chi connectivity index (χ0v) is 6.86. The number of anilines is 1. The van der Waals surface area contributed by atoms with E-state index >= 15 is 0 Å². The Balaban J connectivity index is 2.51. The van der Waals surface area contributed by atoms with E-state index in [9.17, 15) is 4.21 Å². The molecule has 2 rings (SSSR count). The number of rotatable bonds is 0. The van der Waals surface area contributed by atoms with Crippen LogP contribution in [-0.4, -0.2) is 4.21 Å². The average molecular weight is 167 g/mol. The van der Waals surface area contributed by atoms with Gasteiger partial charge in [0.2, 0.25) is 0 Å². The van der Waals surface area contributed by atoms with Crippen LogP contribution in [0.3, 0.4) is 0 Å². The number of nitrogens with two attached hydrogens (primary N) is 1. The Hall–Kier alpha value is -0.830. The molecule has 3 heteroatoms. The van der Waals surface area contributed by atoms with Gasteiger partial charge in [0.15, 0.2) is 0 Å². The molecule has 1 aliphatic rings. The second kappa shape index (κ2) is 2.34. The van der Waals surface area contributed by atoms with Gasteiger partial charge in [0.05, 0.1) is 0 Å². The van der Waals surface area contributed by atoms with Gasteiger partial charge < -0.3 is 5.73 Å². The first-order valence-corrected chi connectivity index (χ1v) is 4.97. The first-order valence-electron chi connectivity index (χ1n) is 3.48. The highest BCUT2D eigenvalue weighted by Crippen LogP contribution is 2.23. The fraction of sp³-hybridized carbons (Fsp3) is 0.250. The molecule has 1 aliphatic heterocycles. The molecule has 0 aliphatic carbocycles. The van der Waals surface area contributed by atoms with E-state index in [0.29, 0.717) is 11.5 Å². The molecule has 0 aromatic heterocycles. The van der Waals surface area contributed by atoms with Gasteiger partial charge >= 0.3 is 0 Å². The van der Waals surface area contributed by atoms with Crippen molar-refractivity contribution < 1.29 is 4.21 Å². The lowest BCUT2D eigenvalue weighted by Crippen LogP contribution is -1.87. The van der Waals surface area contributed by atoms with Crippen LogP contribution in [0.15, 0.2) is 18.2 Å². The lowest BCUT2D eigenvalue weighted by atomic mass is 10.1. The first kappa shape index (κ1) is 6.85. The summed E-state index contributed by atoms with van der Waals surface area (Å²) in [7, 11) is -0.683. The highest BCUT2D eigenvalue weighted by molar-refractivity contribution is 7.83. The second-order valence-corrected chi connectivity index (χ2v) is 4.21. The molecule has 1 heterocycles. The van der Waals surface area contributed by atoms with Crippen molar-refractivity contribution in [3.05, 3.63) is 29.3 Å². The second-order valence-electron chi connectivity index (χ2n) is 2.76. The van der Waals surface area contributed by atoms with Crippen molar-refractivity contribution in [2.75, 3.05) is 5.73 Å². The van der Waals surface area contributed by atoms with Gasteiger partial charge in [-0.1, -0.05) is 6.07 Å². The molecule has 58 valence electrons. The van der Waals surface area contributed by atoms with Gasteiger partial charge in [-0.2, -0.15) is 0 Å². The number of hydrogen-bond donors (Lipinski definition) is 1. The van der Waals surface area contributed by atoms with Crippen molar-refractivity contribution >= 4 is 16.5 Å². The molecule has 1 unspecified atom stereocenters. The van der Waals surface area contributed by atoms with E-state index in [1.165, 1.54) is 5.56 Å². The van der Waals surface area contributed by atoms with Crippen molar-refractivity contribution in [2.24, 2.45) is 0 Å². The van der Waals surface area contributed by atoms with E-state index in [4.69, 9.17) is 5.73 Å². The van der Waals surface area contributed by atoms with E-state index < -0.39 is 10.8 Å². The predicted molar refractivity (Wildman–Crippen MR) is 46.4 cm³/mol. The Morgan fingerprint density at radius 3 is 2.82 bits per heavy atom. The molecule has 11 heavy (non-hydrogen) atoms. The molecule has 1 atom stereocenters. The number of nitrogen functional groups attached to an aromatic ring is 1. The van der Waals surface area contributed by atoms with Crippen molar-refractivity contribution in [3.8, 4) is 0 Å². The molecule has 0 saturated heterocycles. The number of benzene rings is 1. The molecule has 2 nitrogen and oxygen atoms in total. The smallest absolute Gasteiger partial charge is 0.0492 e. The summed E-state index contributed by atoms with van der Waals surface area (Å²) in [6.07, 6.45) is 0. The molecular formula is C8H9NOS. The number of hydrogen-bond acceptors (Lipinski definition) is 2. The molecule has 0 bridgehead atoms. The van der Waals surface area contributed by atoms with Crippen molar-refractivity contribution in [2.45, 2.75) is 11.5 Å². The van der Waals surface area contributed by atoms with Crippen molar-refractivity contribution in [3.63, 3.8) is 0 Å². The van der Waals surface area contributed by atoms with Crippen molar-refractivity contribution in [1.82, 2.24) is 0 Å². The summed E-state index contributed by atoms with van der Waals surface area (Å²) >= 11 is 0. The van der Waals surface area contributed by atoms with Gasteiger partial charge in [-0.15, -0.1) is 0 Å². The van der Waals surface area contributed by atoms with Crippen LogP contribution in [0, 0.1) is 0 Å². The van der Waals surface area contributed by atoms with Crippen molar-refractivity contribution in [1.29, 1.82) is 0 Å². The first-order chi connectivity index (χ1) is 5.25. The third kappa shape index (κ3) is 1.16. The summed E-state index contributed by atoms with van der Waals surface area (Å²) in [5.74, 6) is 1.38. The molecule has 0 spiro atoms. The predicted octanol–water partition coefficient (Wildman–Crippen LogP) is 1.03. The maximum atomic E-state index is 11.1. The maximum Gasteiger partial charge on any atom is 0.0492 e. The molecule has 0 radical (unpaired) electrons. The molecule has 0 amide bonds. The summed E-state index contributed by atoms with van der Waals surface area (Å²) in [5.41, 5.74) is 8.69. The minimum atomic E-state index is -0.683. The monoisotopic (exact) mass is 167 g/mol. The van der Waals surface area contributed by atoms with Gasteiger partial charge in [-0.05, 0) is 23.3 Å². The van der Waals surface area contributed by atoms with Gasteiger partial charge in [0, 0.05) is 28.0 Å². The summed E-state index contributed by atoms with van der Waals surface area (Å²) < 4.78 is 11.1. The molecular weight excluding hydrogens is 158 g/mol. The van der Waals surface area contributed by atoms with Gasteiger partial charge in [-0.3, -0.25) is 4.21 Å². The Morgan fingerprint density at radius 1 is 1.27 bits per heavy atom. The van der Waals surface area contributed by atoms with E-state index in [0.717, 1.165) is 11.3 Å². The summed E-state index contributed by atoms with van der Waals surface area (Å²) in [6.45, 7) is 0. The fourth-order valence-corrected chi connectivity index (χ4v) is 2.67. The standard InChI is InChI=1S/C8H9NOS/c9-8-2-1-6-4-11(10)5-7(6)3-8/h1-3H,4-5,9H2. The Morgan fingerprint density at radius 2 is 2.00 bits per heavy atom. The highest BCUT2D eigenvalue weighted by Gasteiger charge is 2.16. The largest absolute Gasteiger partial charge is 0.399 e. The fourth-order valence-electron chi connectivity index (χ4n) is 1.32. The Bertz CT molecular complexity index is 322. The maximum absolute atomic E-state index is 11.1. The van der Waals surface area contributed by atoms with Crippen LogP contribution >= 0.6 is 0 Å². The minimum Gasteiger partial charge on any atom is -0.399 e. The molecule has 1 aromatic carbocycles. The van der Waals surface area contributed by atoms with E-state index in [1.807, 2.05) is 18.2 Å². The lowest BCUT2D eigenvalue weighted by molar-refractivity contribution is 0.684. The Labute approximate surface area is 67.9 Å². The normalized spacial score (nSPS) is 21.6. The summed E-state index contributed by atoms with van der Waals surface area (Å²) in [6, 6.07) is 5.75.